The second-order valence-corrected chi connectivity index (χ2v) is 15.4. The van der Waals surface area contributed by atoms with E-state index in [1.54, 1.807) is 0 Å². The summed E-state index contributed by atoms with van der Waals surface area (Å²) in [6.07, 6.45) is 1.15. The Morgan fingerprint density at radius 3 is 1.67 bits per heavy atom. The number of para-hydroxylation sites is 2. The molecule has 3 heterocycles. The summed E-state index contributed by atoms with van der Waals surface area (Å²) in [5, 5.41) is 4.86. The van der Waals surface area contributed by atoms with E-state index in [2.05, 4.69) is 158 Å². The first-order valence-electron chi connectivity index (χ1n) is 17.9. The Balaban J connectivity index is 1.28. The van der Waals surface area contributed by atoms with Crippen LogP contribution >= 0.6 is 0 Å². The van der Waals surface area contributed by atoms with Crippen molar-refractivity contribution in [2.45, 2.75) is 44.9 Å². The standard InChI is InChI=1S/C47H38N4/c1-46(2)29-47(3,4)38-25-32(23-24-37(38)46)50-40-21-13-11-19-33(40)35-27-43-36(26-42(35)50)34-20-12-14-22-41(34)51(43)44-28-39(30-15-7-5-8-16-30)48-45(49-44)31-17-9-6-10-18-31/h5-28H,29H2,1-4H3. The smallest absolute Gasteiger partial charge is 0.162 e. The molecule has 4 heteroatoms. The van der Waals surface area contributed by atoms with Crippen molar-refractivity contribution in [2.75, 3.05) is 0 Å². The Morgan fingerprint density at radius 1 is 0.451 bits per heavy atom. The van der Waals surface area contributed by atoms with Crippen LogP contribution < -0.4 is 0 Å². The highest BCUT2D eigenvalue weighted by atomic mass is 15.1. The summed E-state index contributed by atoms with van der Waals surface area (Å²) >= 11 is 0. The molecule has 0 radical (unpaired) electrons. The summed E-state index contributed by atoms with van der Waals surface area (Å²) < 4.78 is 4.81. The van der Waals surface area contributed by atoms with E-state index >= 15 is 0 Å². The third kappa shape index (κ3) is 4.52. The van der Waals surface area contributed by atoms with Crippen LogP contribution in [0.1, 0.15) is 45.2 Å². The molecule has 10 rings (SSSR count). The van der Waals surface area contributed by atoms with Gasteiger partial charge in [0.2, 0.25) is 0 Å². The first kappa shape index (κ1) is 29.9. The first-order chi connectivity index (χ1) is 24.8. The van der Waals surface area contributed by atoms with Crippen LogP contribution in [0.2, 0.25) is 0 Å². The van der Waals surface area contributed by atoms with Crippen LogP contribution in [0.15, 0.2) is 146 Å². The number of fused-ring (bicyclic) bond motifs is 7. The van der Waals surface area contributed by atoms with Gasteiger partial charge in [-0.25, -0.2) is 9.97 Å². The number of nitrogens with zero attached hydrogens (tertiary/aromatic N) is 4. The molecule has 3 aromatic heterocycles. The fraction of sp³-hybridized carbons (Fsp3) is 0.149. The minimum Gasteiger partial charge on any atom is -0.309 e. The van der Waals surface area contributed by atoms with Gasteiger partial charge < -0.3 is 4.57 Å². The summed E-state index contributed by atoms with van der Waals surface area (Å²) in [7, 11) is 0. The normalized spacial score (nSPS) is 14.9. The lowest BCUT2D eigenvalue weighted by Gasteiger charge is -2.22. The van der Waals surface area contributed by atoms with Crippen LogP contribution in [0.4, 0.5) is 0 Å². The third-order valence-electron chi connectivity index (χ3n) is 11.1. The number of rotatable bonds is 4. The van der Waals surface area contributed by atoms with Crippen LogP contribution in [0, 0.1) is 0 Å². The van der Waals surface area contributed by atoms with Gasteiger partial charge in [-0.1, -0.05) is 131 Å². The van der Waals surface area contributed by atoms with E-state index in [1.807, 2.05) is 24.3 Å². The summed E-state index contributed by atoms with van der Waals surface area (Å²) in [6.45, 7) is 9.56. The lowest BCUT2D eigenvalue weighted by Crippen LogP contribution is -2.18. The van der Waals surface area contributed by atoms with Crippen molar-refractivity contribution >= 4 is 43.6 Å². The van der Waals surface area contributed by atoms with E-state index in [1.165, 1.54) is 49.4 Å². The Hall–Kier alpha value is -6.00. The van der Waals surface area contributed by atoms with Crippen LogP contribution in [-0.2, 0) is 10.8 Å². The summed E-state index contributed by atoms with van der Waals surface area (Å²) in [4.78, 5) is 10.4. The van der Waals surface area contributed by atoms with Crippen LogP contribution in [0.3, 0.4) is 0 Å². The molecule has 0 spiro atoms. The topological polar surface area (TPSA) is 35.6 Å². The van der Waals surface area contributed by atoms with Gasteiger partial charge in [0, 0.05) is 44.4 Å². The highest BCUT2D eigenvalue weighted by Crippen LogP contribution is 2.50. The molecular weight excluding hydrogens is 621 g/mol. The van der Waals surface area contributed by atoms with Gasteiger partial charge in [0.05, 0.1) is 27.8 Å². The van der Waals surface area contributed by atoms with Crippen molar-refractivity contribution in [3.05, 3.63) is 157 Å². The molecule has 246 valence electrons. The molecule has 0 bridgehead atoms. The van der Waals surface area contributed by atoms with Crippen molar-refractivity contribution in [2.24, 2.45) is 0 Å². The maximum atomic E-state index is 5.27. The molecule has 0 aliphatic heterocycles. The second kappa shape index (κ2) is 10.7. The minimum atomic E-state index is 0.114. The fourth-order valence-electron chi connectivity index (χ4n) is 9.09. The molecule has 51 heavy (non-hydrogen) atoms. The summed E-state index contributed by atoms with van der Waals surface area (Å²) in [5.74, 6) is 1.55. The SMILES string of the molecule is CC1(C)CC(C)(C)c2cc(-n3c4ccccc4c4cc5c(cc43)c3ccccc3n5-c3cc(-c4ccccc4)nc(-c4ccccc4)n3)ccc21. The van der Waals surface area contributed by atoms with Crippen LogP contribution in [0.25, 0.3) is 77.8 Å². The Bertz CT molecular complexity index is 2760. The maximum Gasteiger partial charge on any atom is 0.162 e. The monoisotopic (exact) mass is 658 g/mol. The molecule has 0 fully saturated rings. The van der Waals surface area contributed by atoms with Gasteiger partial charge in [0.1, 0.15) is 5.82 Å². The molecule has 1 aliphatic rings. The van der Waals surface area contributed by atoms with Crippen molar-refractivity contribution in [1.82, 2.24) is 19.1 Å². The molecule has 0 saturated carbocycles. The van der Waals surface area contributed by atoms with Crippen molar-refractivity contribution in [3.8, 4) is 34.2 Å². The predicted octanol–water partition coefficient (Wildman–Crippen LogP) is 12.0. The molecule has 9 aromatic rings. The molecule has 1 aliphatic carbocycles. The number of aromatic nitrogens is 4. The van der Waals surface area contributed by atoms with Crippen molar-refractivity contribution in [1.29, 1.82) is 0 Å². The zero-order valence-corrected chi connectivity index (χ0v) is 29.4. The molecule has 6 aromatic carbocycles. The largest absolute Gasteiger partial charge is 0.309 e. The Morgan fingerprint density at radius 2 is 1.00 bits per heavy atom. The molecular formula is C47H38N4. The first-order valence-corrected chi connectivity index (χ1v) is 17.9. The zero-order chi connectivity index (χ0) is 34.5. The van der Waals surface area contributed by atoms with Gasteiger partial charge in [-0.2, -0.15) is 0 Å². The van der Waals surface area contributed by atoms with E-state index < -0.39 is 0 Å². The van der Waals surface area contributed by atoms with Gasteiger partial charge in [-0.05, 0) is 64.8 Å². The number of hydrogen-bond acceptors (Lipinski definition) is 2. The molecule has 0 atom stereocenters. The molecule has 0 unspecified atom stereocenters. The summed E-state index contributed by atoms with van der Waals surface area (Å²) in [6, 6.07) is 52.3. The Kier molecular flexibility index (Phi) is 6.30. The number of hydrogen-bond donors (Lipinski definition) is 0. The van der Waals surface area contributed by atoms with E-state index in [9.17, 15) is 0 Å². The van der Waals surface area contributed by atoms with Gasteiger partial charge in [0.15, 0.2) is 5.82 Å². The Labute approximate surface area is 297 Å². The quantitative estimate of drug-likeness (QED) is 0.189. The van der Waals surface area contributed by atoms with Crippen LogP contribution in [0.5, 0.6) is 0 Å². The van der Waals surface area contributed by atoms with Gasteiger partial charge in [0.25, 0.3) is 0 Å². The number of benzene rings is 6. The van der Waals surface area contributed by atoms with E-state index in [0.717, 1.165) is 40.1 Å². The minimum absolute atomic E-state index is 0.114. The van der Waals surface area contributed by atoms with E-state index in [4.69, 9.17) is 9.97 Å². The predicted molar refractivity (Wildman–Crippen MR) is 212 cm³/mol. The van der Waals surface area contributed by atoms with E-state index in [0.29, 0.717) is 5.82 Å². The highest BCUT2D eigenvalue weighted by molar-refractivity contribution is 6.19. The van der Waals surface area contributed by atoms with Crippen LogP contribution in [-0.4, -0.2) is 19.1 Å². The van der Waals surface area contributed by atoms with Crippen molar-refractivity contribution in [3.63, 3.8) is 0 Å². The van der Waals surface area contributed by atoms with Crippen molar-refractivity contribution < 1.29 is 0 Å². The summed E-state index contributed by atoms with van der Waals surface area (Å²) in [5.41, 5.74) is 12.0. The fourth-order valence-corrected chi connectivity index (χ4v) is 9.09. The third-order valence-corrected chi connectivity index (χ3v) is 11.1. The average molecular weight is 659 g/mol. The molecule has 0 saturated heterocycles. The second-order valence-electron chi connectivity index (χ2n) is 15.4. The maximum absolute atomic E-state index is 5.27. The lowest BCUT2D eigenvalue weighted by molar-refractivity contribution is 0.403. The molecule has 0 amide bonds. The van der Waals surface area contributed by atoms with E-state index in [-0.39, 0.29) is 10.8 Å². The highest BCUT2D eigenvalue weighted by Gasteiger charge is 2.42. The average Bonchev–Trinajstić information content (AvgIpc) is 3.72. The molecule has 4 nitrogen and oxygen atoms in total. The van der Waals surface area contributed by atoms with Gasteiger partial charge >= 0.3 is 0 Å². The van der Waals surface area contributed by atoms with Gasteiger partial charge in [-0.15, -0.1) is 0 Å². The zero-order valence-electron chi connectivity index (χ0n) is 29.4. The van der Waals surface area contributed by atoms with Gasteiger partial charge in [-0.3, -0.25) is 4.57 Å². The lowest BCUT2D eigenvalue weighted by atomic mass is 9.82. The molecule has 0 N–H and O–H groups in total.